The molecule has 11 unspecified atom stereocenters. The number of carbonyl (C=O) groups excluding carboxylic acids is 1. The zero-order chi connectivity index (χ0) is 35.7. The molecule has 0 amide bonds. The molecule has 0 aromatic carbocycles. The number of carbonyl (C=O) groups is 1. The summed E-state index contributed by atoms with van der Waals surface area (Å²) in [5.41, 5.74) is 0.175. The fraction of sp³-hybridized carbons (Fsp3) is 0.811. The minimum Gasteiger partial charge on any atom is -0.459 e. The van der Waals surface area contributed by atoms with Gasteiger partial charge in [-0.05, 0) is 45.6 Å². The van der Waals surface area contributed by atoms with Gasteiger partial charge >= 0.3 is 5.97 Å². The van der Waals surface area contributed by atoms with E-state index in [1.165, 1.54) is 19.6 Å². The summed E-state index contributed by atoms with van der Waals surface area (Å²) in [5, 5.41) is 46.3. The molecule has 3 fully saturated rings. The second-order valence-electron chi connectivity index (χ2n) is 15.4. The summed E-state index contributed by atoms with van der Waals surface area (Å²) < 4.78 is 36.9. The van der Waals surface area contributed by atoms with Gasteiger partial charge in [-0.3, -0.25) is 4.79 Å². The van der Waals surface area contributed by atoms with Gasteiger partial charge in [0.25, 0.3) is 0 Å². The minimum atomic E-state index is -1.83. The van der Waals surface area contributed by atoms with Gasteiger partial charge in [0.05, 0.1) is 49.1 Å². The Bertz CT molecular complexity index is 1210. The van der Waals surface area contributed by atoms with Gasteiger partial charge < -0.3 is 48.8 Å². The molecule has 4 aliphatic rings. The average molecular weight is 681 g/mol. The highest BCUT2D eigenvalue weighted by molar-refractivity contribution is 5.70. The molecule has 11 nitrogen and oxygen atoms in total. The van der Waals surface area contributed by atoms with E-state index in [1.54, 1.807) is 7.11 Å². The molecule has 48 heavy (non-hydrogen) atoms. The summed E-state index contributed by atoms with van der Waals surface area (Å²) in [4.78, 5) is 13.1. The molecule has 0 saturated carbocycles. The number of fused-ring (bicyclic) bond motifs is 6. The van der Waals surface area contributed by atoms with Crippen LogP contribution >= 0.6 is 0 Å². The van der Waals surface area contributed by atoms with Gasteiger partial charge in [0.1, 0.15) is 12.2 Å². The number of hydrogen-bond acceptors (Lipinski definition) is 11. The third-order valence-electron chi connectivity index (χ3n) is 11.2. The van der Waals surface area contributed by atoms with Crippen molar-refractivity contribution in [1.29, 1.82) is 0 Å². The van der Waals surface area contributed by atoms with E-state index in [4.69, 9.17) is 28.4 Å². The smallest absolute Gasteiger partial charge is 0.308 e. The van der Waals surface area contributed by atoms with Crippen molar-refractivity contribution < 1.29 is 53.6 Å². The minimum absolute atomic E-state index is 0.0700. The second kappa shape index (κ2) is 15.3. The third kappa shape index (κ3) is 8.11. The molecule has 3 saturated heterocycles. The number of aliphatic hydroxyl groups excluding tert-OH is 2. The van der Waals surface area contributed by atoms with E-state index in [-0.39, 0.29) is 31.8 Å². The van der Waals surface area contributed by atoms with Crippen molar-refractivity contribution in [1.82, 2.24) is 0 Å². The number of hydrogen-bond donors (Lipinski definition) is 4. The van der Waals surface area contributed by atoms with E-state index in [0.29, 0.717) is 25.7 Å². The number of ether oxygens (including phenoxy) is 6. The highest BCUT2D eigenvalue weighted by Gasteiger charge is 2.58. The lowest BCUT2D eigenvalue weighted by Crippen LogP contribution is -2.62. The Morgan fingerprint density at radius 3 is 2.23 bits per heavy atom. The molecule has 0 spiro atoms. The Balaban J connectivity index is 1.76. The molecule has 0 radical (unpaired) electrons. The zero-order valence-corrected chi connectivity index (χ0v) is 30.3. The van der Waals surface area contributed by atoms with E-state index >= 15 is 0 Å². The van der Waals surface area contributed by atoms with Crippen molar-refractivity contribution in [3.05, 3.63) is 35.5 Å². The summed E-state index contributed by atoms with van der Waals surface area (Å²) >= 11 is 0. The number of cyclic esters (lactones) is 1. The van der Waals surface area contributed by atoms with E-state index in [1.807, 2.05) is 59.8 Å². The van der Waals surface area contributed by atoms with E-state index in [0.717, 1.165) is 5.57 Å². The van der Waals surface area contributed by atoms with Crippen molar-refractivity contribution in [2.75, 3.05) is 14.2 Å². The van der Waals surface area contributed by atoms with Crippen LogP contribution in [0, 0.1) is 10.8 Å². The largest absolute Gasteiger partial charge is 0.459 e. The van der Waals surface area contributed by atoms with Gasteiger partial charge in [-0.1, -0.05) is 57.6 Å². The molecule has 4 N–H and O–H groups in total. The van der Waals surface area contributed by atoms with Gasteiger partial charge in [-0.15, -0.1) is 0 Å². The van der Waals surface area contributed by atoms with Gasteiger partial charge in [-0.2, -0.15) is 0 Å². The number of rotatable bonds is 3. The summed E-state index contributed by atoms with van der Waals surface area (Å²) in [5.74, 6) is -4.18. The number of esters is 1. The Labute approximate surface area is 286 Å². The van der Waals surface area contributed by atoms with E-state index in [2.05, 4.69) is 6.08 Å². The fourth-order valence-corrected chi connectivity index (χ4v) is 7.91. The molecule has 274 valence electrons. The molecular formula is C37H60O11. The molecule has 11 heteroatoms. The summed E-state index contributed by atoms with van der Waals surface area (Å²) in [6.45, 7) is 12.9. The van der Waals surface area contributed by atoms with Crippen LogP contribution in [0.1, 0.15) is 99.8 Å². The molecular weight excluding hydrogens is 620 g/mol. The van der Waals surface area contributed by atoms with Gasteiger partial charge in [0, 0.05) is 50.7 Å². The number of allylic oxidation sites excluding steroid dienone is 2. The molecule has 0 aliphatic carbocycles. The van der Waals surface area contributed by atoms with Crippen molar-refractivity contribution in [2.24, 2.45) is 10.8 Å². The first-order chi connectivity index (χ1) is 22.4. The molecule has 4 heterocycles. The first kappa shape index (κ1) is 39.1. The Morgan fingerprint density at radius 2 is 1.62 bits per heavy atom. The zero-order valence-electron chi connectivity index (χ0n) is 30.3. The van der Waals surface area contributed by atoms with Crippen molar-refractivity contribution in [2.45, 2.75) is 166 Å². The lowest BCUT2D eigenvalue weighted by Gasteiger charge is -2.54. The summed E-state index contributed by atoms with van der Waals surface area (Å²) in [6, 6.07) is 0. The van der Waals surface area contributed by atoms with Crippen molar-refractivity contribution >= 4 is 5.97 Å². The van der Waals surface area contributed by atoms with Crippen LogP contribution in [0.3, 0.4) is 0 Å². The lowest BCUT2D eigenvalue weighted by atomic mass is 9.70. The second-order valence-corrected chi connectivity index (χ2v) is 15.4. The molecule has 4 rings (SSSR count). The van der Waals surface area contributed by atoms with Gasteiger partial charge in [0.15, 0.2) is 5.79 Å². The summed E-state index contributed by atoms with van der Waals surface area (Å²) in [7, 11) is 3.13. The molecule has 0 aromatic rings. The Morgan fingerprint density at radius 1 is 0.917 bits per heavy atom. The van der Waals surface area contributed by atoms with Crippen LogP contribution in [0.2, 0.25) is 0 Å². The fourth-order valence-electron chi connectivity index (χ4n) is 7.91. The van der Waals surface area contributed by atoms with Crippen LogP contribution in [-0.2, 0) is 33.2 Å². The monoisotopic (exact) mass is 680 g/mol. The standard InChI is InChI=1S/C37H60O11/c1-10-23-14-26-12-13-34(4,5)37(42)33(44-9)24(11-2)16-27(48-37)19-30(22(3)38)46-32(40)18-25(39)17-28-20-31(43-8)35(6,7)36(41,47-28)21-29(15-23)45-26/h10-13,22,25-31,33,38-39,41-42H,14-21H2,1-9H3/b13-12+,23-10?,24-11?. The molecule has 4 aliphatic heterocycles. The quantitative estimate of drug-likeness (QED) is 0.250. The number of methoxy groups -OCH3 is 2. The third-order valence-corrected chi connectivity index (χ3v) is 11.2. The molecule has 0 aromatic heterocycles. The van der Waals surface area contributed by atoms with E-state index < -0.39 is 77.2 Å². The van der Waals surface area contributed by atoms with Crippen LogP contribution < -0.4 is 0 Å². The highest BCUT2D eigenvalue weighted by atomic mass is 16.7. The maximum atomic E-state index is 13.1. The topological polar surface area (TPSA) is 153 Å². The van der Waals surface area contributed by atoms with E-state index in [9.17, 15) is 25.2 Å². The van der Waals surface area contributed by atoms with Crippen molar-refractivity contribution in [3.8, 4) is 0 Å². The highest BCUT2D eigenvalue weighted by Crippen LogP contribution is 2.50. The molecule has 11 atom stereocenters. The van der Waals surface area contributed by atoms with Gasteiger partial charge in [0.2, 0.25) is 5.79 Å². The predicted octanol–water partition coefficient (Wildman–Crippen LogP) is 4.25. The maximum Gasteiger partial charge on any atom is 0.308 e. The maximum absolute atomic E-state index is 13.1. The van der Waals surface area contributed by atoms with Crippen molar-refractivity contribution in [3.63, 3.8) is 0 Å². The van der Waals surface area contributed by atoms with Crippen LogP contribution in [0.15, 0.2) is 35.5 Å². The van der Waals surface area contributed by atoms with Crippen LogP contribution in [-0.4, -0.2) is 107 Å². The lowest BCUT2D eigenvalue weighted by molar-refractivity contribution is -0.350. The van der Waals surface area contributed by atoms with Crippen LogP contribution in [0.5, 0.6) is 0 Å². The Hall–Kier alpha value is -1.67. The SMILES string of the molecule is CC=C1CC2/C=C/C(C)(C)C3(O)OC(CC(=CC)C3OC)CC(C(C)O)OC(=O)CC(O)CC3CC(OC)C(C)(C)C(O)(CC(C1)O2)O3. The summed E-state index contributed by atoms with van der Waals surface area (Å²) in [6.07, 6.45) is 3.61. The predicted molar refractivity (Wildman–Crippen MR) is 179 cm³/mol. The normalized spacial score (nSPS) is 44.1. The number of aliphatic hydroxyl groups is 4. The first-order valence-electron chi connectivity index (χ1n) is 17.5. The average Bonchev–Trinajstić information content (AvgIpc) is 3.00. The first-order valence-corrected chi connectivity index (χ1v) is 17.5. The van der Waals surface area contributed by atoms with Crippen LogP contribution in [0.25, 0.3) is 0 Å². The van der Waals surface area contributed by atoms with Crippen LogP contribution in [0.4, 0.5) is 0 Å². The van der Waals surface area contributed by atoms with Gasteiger partial charge in [-0.25, -0.2) is 0 Å². The Kier molecular flexibility index (Phi) is 12.5. The molecule has 6 bridgehead atoms.